The predicted molar refractivity (Wildman–Crippen MR) is 142 cm³/mol. The zero-order valence-corrected chi connectivity index (χ0v) is 21.6. The lowest BCUT2D eigenvalue weighted by Crippen LogP contribution is -2.19. The second-order valence-corrected chi connectivity index (χ2v) is 8.52. The summed E-state index contributed by atoms with van der Waals surface area (Å²) in [5, 5.41) is 11.3. The molecule has 0 unspecified atom stereocenters. The summed E-state index contributed by atoms with van der Waals surface area (Å²) >= 11 is 0. The number of aromatic nitrogens is 2. The van der Waals surface area contributed by atoms with E-state index in [2.05, 4.69) is 27.6 Å². The zero-order valence-electron chi connectivity index (χ0n) is 21.6. The van der Waals surface area contributed by atoms with Crippen molar-refractivity contribution in [2.75, 3.05) is 20.8 Å². The molecule has 0 aliphatic carbocycles. The number of amides is 1. The van der Waals surface area contributed by atoms with Gasteiger partial charge in [0.15, 0.2) is 11.5 Å². The summed E-state index contributed by atoms with van der Waals surface area (Å²) in [5.41, 5.74) is 5.87. The van der Waals surface area contributed by atoms with Gasteiger partial charge in [-0.1, -0.05) is 39.0 Å². The highest BCUT2D eigenvalue weighted by atomic mass is 16.5. The molecule has 8 nitrogen and oxygen atoms in total. The Balaban J connectivity index is 1.52. The summed E-state index contributed by atoms with van der Waals surface area (Å²) in [6, 6.07) is 14.9. The van der Waals surface area contributed by atoms with Gasteiger partial charge in [0.25, 0.3) is 5.91 Å². The van der Waals surface area contributed by atoms with Gasteiger partial charge in [-0.15, -0.1) is 0 Å². The Kier molecular flexibility index (Phi) is 10.4. The van der Waals surface area contributed by atoms with Crippen LogP contribution in [0.15, 0.2) is 53.6 Å². The quantitative estimate of drug-likeness (QED) is 0.164. The van der Waals surface area contributed by atoms with Crippen LogP contribution >= 0.6 is 0 Å². The van der Waals surface area contributed by atoms with Crippen molar-refractivity contribution in [3.05, 3.63) is 59.8 Å². The monoisotopic (exact) mass is 492 g/mol. The van der Waals surface area contributed by atoms with Crippen LogP contribution in [0.4, 0.5) is 0 Å². The van der Waals surface area contributed by atoms with Crippen molar-refractivity contribution in [1.82, 2.24) is 15.6 Å². The lowest BCUT2D eigenvalue weighted by Gasteiger charge is -2.09. The van der Waals surface area contributed by atoms with E-state index in [1.54, 1.807) is 39.3 Å². The maximum absolute atomic E-state index is 12.6. The third-order valence-corrected chi connectivity index (χ3v) is 5.87. The van der Waals surface area contributed by atoms with Gasteiger partial charge in [-0.3, -0.25) is 9.89 Å². The van der Waals surface area contributed by atoms with Crippen molar-refractivity contribution in [3.8, 4) is 28.5 Å². The van der Waals surface area contributed by atoms with Gasteiger partial charge in [0, 0.05) is 11.1 Å². The van der Waals surface area contributed by atoms with Crippen molar-refractivity contribution >= 4 is 11.6 Å². The fraction of sp³-hybridized carbons (Fsp3) is 0.393. The molecule has 0 fully saturated rings. The number of nitrogens with one attached hydrogen (secondary N) is 2. The first-order chi connectivity index (χ1) is 17.5. The Morgan fingerprint density at radius 1 is 0.944 bits per heavy atom. The molecule has 0 saturated heterocycles. The number of nitrogens with zero attached hydrogens (tertiary/aromatic N) is 2. The molecule has 3 rings (SSSR count). The largest absolute Gasteiger partial charge is 0.494 e. The van der Waals surface area contributed by atoms with Crippen LogP contribution in [0.3, 0.4) is 0 Å². The molecule has 0 spiro atoms. The van der Waals surface area contributed by atoms with E-state index in [0.717, 1.165) is 29.9 Å². The molecule has 0 atom stereocenters. The van der Waals surface area contributed by atoms with E-state index in [9.17, 15) is 4.79 Å². The molecule has 192 valence electrons. The summed E-state index contributed by atoms with van der Waals surface area (Å²) < 4.78 is 16.4. The average molecular weight is 493 g/mol. The Bertz CT molecular complexity index is 1140. The number of H-pyrrole nitrogens is 1. The number of unbranched alkanes of at least 4 members (excludes halogenated alkanes) is 5. The summed E-state index contributed by atoms with van der Waals surface area (Å²) in [6.07, 6.45) is 7.42. The smallest absolute Gasteiger partial charge is 0.289 e. The van der Waals surface area contributed by atoms with Gasteiger partial charge >= 0.3 is 0 Å². The van der Waals surface area contributed by atoms with Gasteiger partial charge in [0.1, 0.15) is 11.4 Å². The van der Waals surface area contributed by atoms with E-state index >= 15 is 0 Å². The molecule has 0 aliphatic heterocycles. The number of aromatic amines is 1. The topological polar surface area (TPSA) is 97.8 Å². The van der Waals surface area contributed by atoms with Crippen LogP contribution in [0.5, 0.6) is 17.2 Å². The van der Waals surface area contributed by atoms with E-state index in [0.29, 0.717) is 28.6 Å². The van der Waals surface area contributed by atoms with E-state index < -0.39 is 0 Å². The highest BCUT2D eigenvalue weighted by Crippen LogP contribution is 2.27. The minimum Gasteiger partial charge on any atom is -0.494 e. The van der Waals surface area contributed by atoms with Crippen LogP contribution in [-0.4, -0.2) is 42.6 Å². The number of carbonyl (C=O) groups is 1. The minimum absolute atomic E-state index is 0.317. The molecule has 0 radical (unpaired) electrons. The maximum Gasteiger partial charge on any atom is 0.289 e. The lowest BCUT2D eigenvalue weighted by atomic mass is 10.1. The first-order valence-electron chi connectivity index (χ1n) is 12.4. The molecule has 36 heavy (non-hydrogen) atoms. The number of methoxy groups -OCH3 is 2. The molecule has 0 aliphatic rings. The normalized spacial score (nSPS) is 11.3. The van der Waals surface area contributed by atoms with Crippen LogP contribution in [0.2, 0.25) is 0 Å². The number of benzene rings is 2. The van der Waals surface area contributed by atoms with Crippen molar-refractivity contribution in [3.63, 3.8) is 0 Å². The van der Waals surface area contributed by atoms with Gasteiger partial charge in [0.2, 0.25) is 0 Å². The standard InChI is InChI=1S/C28H36N4O4/c1-5-6-7-8-9-10-17-36-23-14-11-21(12-15-23)24-19-25(31-30-24)28(33)32-29-20(2)22-13-16-26(34-3)27(18-22)35-4/h11-16,18-19H,5-10,17H2,1-4H3,(H,30,31)(H,32,33). The first kappa shape index (κ1) is 26.8. The van der Waals surface area contributed by atoms with Gasteiger partial charge < -0.3 is 14.2 Å². The van der Waals surface area contributed by atoms with E-state index in [1.807, 2.05) is 30.3 Å². The first-order valence-corrected chi connectivity index (χ1v) is 12.4. The average Bonchev–Trinajstić information content (AvgIpc) is 3.41. The molecule has 1 heterocycles. The van der Waals surface area contributed by atoms with Crippen LogP contribution in [0.25, 0.3) is 11.3 Å². The molecular weight excluding hydrogens is 456 g/mol. The molecule has 2 aromatic carbocycles. The summed E-state index contributed by atoms with van der Waals surface area (Å²) in [7, 11) is 3.15. The van der Waals surface area contributed by atoms with Gasteiger partial charge in [0.05, 0.1) is 32.2 Å². The Morgan fingerprint density at radius 3 is 2.39 bits per heavy atom. The Labute approximate surface area is 213 Å². The second-order valence-electron chi connectivity index (χ2n) is 8.52. The molecule has 8 heteroatoms. The van der Waals surface area contributed by atoms with Gasteiger partial charge in [-0.05, 0) is 61.9 Å². The number of ether oxygens (including phenoxy) is 3. The van der Waals surface area contributed by atoms with Crippen molar-refractivity contribution < 1.29 is 19.0 Å². The fourth-order valence-electron chi connectivity index (χ4n) is 3.70. The number of hydrogen-bond donors (Lipinski definition) is 2. The van der Waals surface area contributed by atoms with Crippen molar-refractivity contribution in [1.29, 1.82) is 0 Å². The summed E-state index contributed by atoms with van der Waals surface area (Å²) in [4.78, 5) is 12.6. The summed E-state index contributed by atoms with van der Waals surface area (Å²) in [5.74, 6) is 1.67. The van der Waals surface area contributed by atoms with Crippen LogP contribution in [0.1, 0.15) is 68.4 Å². The van der Waals surface area contributed by atoms with E-state index in [-0.39, 0.29) is 5.91 Å². The van der Waals surface area contributed by atoms with Gasteiger partial charge in [-0.25, -0.2) is 5.43 Å². The van der Waals surface area contributed by atoms with E-state index in [1.165, 1.54) is 32.1 Å². The van der Waals surface area contributed by atoms with Crippen molar-refractivity contribution in [2.24, 2.45) is 5.10 Å². The highest BCUT2D eigenvalue weighted by Gasteiger charge is 2.12. The number of carbonyl (C=O) groups excluding carboxylic acids is 1. The lowest BCUT2D eigenvalue weighted by molar-refractivity contribution is 0.0950. The Hall–Kier alpha value is -3.81. The molecule has 1 amide bonds. The number of hydrogen-bond acceptors (Lipinski definition) is 6. The SMILES string of the molecule is CCCCCCCCOc1ccc(-c2cc(C(=O)NN=C(C)c3ccc(OC)c(OC)c3)[nH]n2)cc1. The number of rotatable bonds is 14. The molecule has 0 bridgehead atoms. The zero-order chi connectivity index (χ0) is 25.8. The molecule has 0 saturated carbocycles. The van der Waals surface area contributed by atoms with Crippen LogP contribution in [-0.2, 0) is 0 Å². The van der Waals surface area contributed by atoms with Gasteiger partial charge in [-0.2, -0.15) is 10.2 Å². The Morgan fingerprint density at radius 2 is 1.67 bits per heavy atom. The maximum atomic E-state index is 12.6. The minimum atomic E-state index is -0.382. The molecule has 3 aromatic rings. The predicted octanol–water partition coefficient (Wildman–Crippen LogP) is 5.99. The van der Waals surface area contributed by atoms with Crippen LogP contribution < -0.4 is 19.6 Å². The van der Waals surface area contributed by atoms with Crippen molar-refractivity contribution in [2.45, 2.75) is 52.4 Å². The highest BCUT2D eigenvalue weighted by molar-refractivity contribution is 6.01. The molecule has 1 aromatic heterocycles. The fourth-order valence-corrected chi connectivity index (χ4v) is 3.70. The van der Waals surface area contributed by atoms with E-state index in [4.69, 9.17) is 14.2 Å². The second kappa shape index (κ2) is 13.9. The third kappa shape index (κ3) is 7.60. The third-order valence-electron chi connectivity index (χ3n) is 5.87. The molecule has 2 N–H and O–H groups in total. The van der Waals surface area contributed by atoms with Crippen LogP contribution in [0, 0.1) is 0 Å². The molecular formula is C28H36N4O4. The number of hydrazone groups is 1. The summed E-state index contributed by atoms with van der Waals surface area (Å²) in [6.45, 7) is 4.75.